The van der Waals surface area contributed by atoms with Crippen LogP contribution in [-0.4, -0.2) is 86.5 Å². The smallest absolute Gasteiger partial charge is 0.409 e. The minimum absolute atomic E-state index is 0.0721. The maximum atomic E-state index is 14.2. The molecule has 3 rings (SSSR count). The molecule has 300 valence electrons. The monoisotopic (exact) mass is 781 g/mol. The lowest BCUT2D eigenvalue weighted by Crippen LogP contribution is -2.54. The van der Waals surface area contributed by atoms with Crippen LogP contribution in [0.5, 0.6) is 0 Å². The minimum Gasteiger partial charge on any atom is -0.467 e. The molecule has 55 heavy (non-hydrogen) atoms. The van der Waals surface area contributed by atoms with Crippen molar-refractivity contribution in [2.45, 2.75) is 97.2 Å². The third kappa shape index (κ3) is 14.4. The third-order valence-corrected chi connectivity index (χ3v) is 9.89. The molecule has 3 aromatic rings. The van der Waals surface area contributed by atoms with Gasteiger partial charge in [-0.3, -0.25) is 19.7 Å². The fraction of sp³-hybridized carbons (Fsp3) is 0.487. The molecular formula is C39H55N5O10Si. The lowest BCUT2D eigenvalue weighted by Gasteiger charge is -2.26. The number of nitrogens with one attached hydrogen (secondary N) is 4. The van der Waals surface area contributed by atoms with Crippen molar-refractivity contribution in [1.29, 1.82) is 0 Å². The Morgan fingerprint density at radius 2 is 1.47 bits per heavy atom. The summed E-state index contributed by atoms with van der Waals surface area (Å²) in [5.74, 6) is -3.16. The van der Waals surface area contributed by atoms with Gasteiger partial charge in [-0.15, -0.1) is 0 Å². The Bertz CT molecular complexity index is 1800. The van der Waals surface area contributed by atoms with E-state index in [2.05, 4.69) is 40.9 Å². The van der Waals surface area contributed by atoms with Crippen LogP contribution in [0.4, 0.5) is 9.59 Å². The number of carbonyl (C=O) groups excluding carboxylic acids is 6. The topological polar surface area (TPSA) is 192 Å². The highest BCUT2D eigenvalue weighted by Crippen LogP contribution is 2.26. The molecule has 1 heterocycles. The molecule has 0 aliphatic heterocycles. The quantitative estimate of drug-likeness (QED) is 0.0840. The summed E-state index contributed by atoms with van der Waals surface area (Å²) in [6.45, 7) is 14.8. The standard InChI is InChI=1S/C39H55N5O10Si/c1-25(2)32(34(46)40-22-31(45)52-19-20-55(7,8)9)42-35(47)33(43-37(49)53-24-26-15-11-10-12-16-26)44-23-27(28-17-13-14-18-30(28)44)21-29(36(48)51-6)41-38(50)54-39(3,4)5/h10-18,23,25,29,32-33H,19-22,24H2,1-9H3,(H,40,46)(H,41,50)(H,42,47)(H,43,49)/t29-,32-,33?/m0/s1. The number of esters is 2. The first-order valence-corrected chi connectivity index (χ1v) is 21.9. The molecule has 4 amide bonds. The summed E-state index contributed by atoms with van der Waals surface area (Å²) in [6.07, 6.45) is -1.73. The first-order valence-electron chi connectivity index (χ1n) is 18.1. The number of amides is 4. The Hall–Kier alpha value is -5.38. The van der Waals surface area contributed by atoms with E-state index in [9.17, 15) is 28.8 Å². The average molecular weight is 782 g/mol. The van der Waals surface area contributed by atoms with Gasteiger partial charge in [-0.2, -0.15) is 0 Å². The van der Waals surface area contributed by atoms with E-state index in [1.165, 1.54) is 11.7 Å². The van der Waals surface area contributed by atoms with E-state index in [1.54, 1.807) is 89.3 Å². The maximum absolute atomic E-state index is 14.2. The Morgan fingerprint density at radius 3 is 2.09 bits per heavy atom. The number of rotatable bonds is 17. The van der Waals surface area contributed by atoms with Crippen molar-refractivity contribution < 1.29 is 47.7 Å². The van der Waals surface area contributed by atoms with E-state index >= 15 is 0 Å². The number of benzene rings is 2. The van der Waals surface area contributed by atoms with Gasteiger partial charge in [0.25, 0.3) is 5.91 Å². The lowest BCUT2D eigenvalue weighted by molar-refractivity contribution is -0.144. The van der Waals surface area contributed by atoms with Crippen molar-refractivity contribution in [2.75, 3.05) is 20.3 Å². The Balaban J connectivity index is 1.94. The zero-order chi connectivity index (χ0) is 40.9. The first-order chi connectivity index (χ1) is 25.8. The van der Waals surface area contributed by atoms with Gasteiger partial charge in [-0.1, -0.05) is 82.0 Å². The Morgan fingerprint density at radius 1 is 0.818 bits per heavy atom. The van der Waals surface area contributed by atoms with Gasteiger partial charge in [0.2, 0.25) is 5.91 Å². The van der Waals surface area contributed by atoms with E-state index in [4.69, 9.17) is 18.9 Å². The number of aromatic nitrogens is 1. The van der Waals surface area contributed by atoms with Crippen LogP contribution < -0.4 is 21.3 Å². The molecule has 2 aromatic carbocycles. The van der Waals surface area contributed by atoms with Crippen LogP contribution >= 0.6 is 0 Å². The minimum atomic E-state index is -1.47. The van der Waals surface area contributed by atoms with Crippen molar-refractivity contribution in [1.82, 2.24) is 25.8 Å². The normalized spacial score (nSPS) is 13.2. The van der Waals surface area contributed by atoms with Crippen LogP contribution in [-0.2, 0) is 51.2 Å². The molecular weight excluding hydrogens is 727 g/mol. The molecule has 0 saturated carbocycles. The summed E-state index contributed by atoms with van der Waals surface area (Å²) < 4.78 is 22.6. The van der Waals surface area contributed by atoms with E-state index in [1.807, 2.05) is 6.07 Å². The predicted octanol–water partition coefficient (Wildman–Crippen LogP) is 4.81. The molecule has 0 fully saturated rings. The van der Waals surface area contributed by atoms with Crippen LogP contribution in [0.25, 0.3) is 10.9 Å². The molecule has 16 heteroatoms. The van der Waals surface area contributed by atoms with Crippen molar-refractivity contribution in [3.8, 4) is 0 Å². The van der Waals surface area contributed by atoms with Crippen LogP contribution in [0.15, 0.2) is 60.8 Å². The van der Waals surface area contributed by atoms with E-state index in [0.717, 1.165) is 6.04 Å². The van der Waals surface area contributed by atoms with Crippen LogP contribution in [0.2, 0.25) is 25.7 Å². The summed E-state index contributed by atoms with van der Waals surface area (Å²) in [7, 11) is -0.241. The maximum Gasteiger partial charge on any atom is 0.409 e. The second-order valence-electron chi connectivity index (χ2n) is 15.6. The molecule has 15 nitrogen and oxygen atoms in total. The largest absolute Gasteiger partial charge is 0.467 e. The van der Waals surface area contributed by atoms with Crippen LogP contribution in [0.3, 0.4) is 0 Å². The van der Waals surface area contributed by atoms with E-state index < -0.39 is 73.8 Å². The van der Waals surface area contributed by atoms with E-state index in [0.29, 0.717) is 22.0 Å². The SMILES string of the molecule is COC(=O)[C@H](Cc1cn(C(NC(=O)OCc2ccccc2)C(=O)N[C@H](C(=O)NCC(=O)OCC[Si](C)(C)C)C(C)C)c2ccccc12)NC(=O)OC(C)(C)C. The number of hydrogen-bond acceptors (Lipinski definition) is 10. The van der Waals surface area contributed by atoms with Crippen molar-refractivity contribution in [3.63, 3.8) is 0 Å². The number of hydrogen-bond donors (Lipinski definition) is 4. The molecule has 0 saturated heterocycles. The number of carbonyl (C=O) groups is 6. The molecule has 1 aromatic heterocycles. The van der Waals surface area contributed by atoms with Crippen LogP contribution in [0, 0.1) is 5.92 Å². The van der Waals surface area contributed by atoms with Gasteiger partial charge in [0.05, 0.1) is 19.2 Å². The number of nitrogens with zero attached hydrogens (tertiary/aromatic N) is 1. The fourth-order valence-electron chi connectivity index (χ4n) is 5.36. The molecule has 0 spiro atoms. The number of alkyl carbamates (subject to hydrolysis) is 2. The number of ether oxygens (including phenoxy) is 4. The number of fused-ring (bicyclic) bond motifs is 1. The van der Waals surface area contributed by atoms with Crippen molar-refractivity contribution in [3.05, 3.63) is 71.9 Å². The molecule has 0 aliphatic rings. The summed E-state index contributed by atoms with van der Waals surface area (Å²) in [4.78, 5) is 78.8. The Labute approximate surface area is 323 Å². The van der Waals surface area contributed by atoms with Gasteiger partial charge in [0, 0.05) is 26.1 Å². The van der Waals surface area contributed by atoms with Crippen molar-refractivity contribution in [2.24, 2.45) is 5.92 Å². The number of methoxy groups -OCH3 is 1. The highest BCUT2D eigenvalue weighted by molar-refractivity contribution is 6.76. The van der Waals surface area contributed by atoms with Crippen LogP contribution in [0.1, 0.15) is 51.9 Å². The average Bonchev–Trinajstić information content (AvgIpc) is 3.46. The summed E-state index contributed by atoms with van der Waals surface area (Å²) in [5.41, 5.74) is 0.886. The third-order valence-electron chi connectivity index (χ3n) is 8.19. The fourth-order valence-corrected chi connectivity index (χ4v) is 6.07. The molecule has 3 atom stereocenters. The zero-order valence-electron chi connectivity index (χ0n) is 33.1. The zero-order valence-corrected chi connectivity index (χ0v) is 34.1. The van der Waals surface area contributed by atoms with E-state index in [-0.39, 0.29) is 26.2 Å². The summed E-state index contributed by atoms with van der Waals surface area (Å²) >= 11 is 0. The highest BCUT2D eigenvalue weighted by atomic mass is 28.3. The molecule has 0 aliphatic carbocycles. The molecule has 1 unspecified atom stereocenters. The Kier molecular flexibility index (Phi) is 15.8. The van der Waals surface area contributed by atoms with Gasteiger partial charge in [-0.05, 0) is 49.9 Å². The van der Waals surface area contributed by atoms with Crippen molar-refractivity contribution >= 4 is 54.9 Å². The molecule has 0 bridgehead atoms. The van der Waals surface area contributed by atoms with Gasteiger partial charge in [0.1, 0.15) is 30.8 Å². The summed E-state index contributed by atoms with van der Waals surface area (Å²) in [6, 6.07) is 14.4. The summed E-state index contributed by atoms with van der Waals surface area (Å²) in [5, 5.41) is 11.1. The van der Waals surface area contributed by atoms with Gasteiger partial charge >= 0.3 is 24.1 Å². The van der Waals surface area contributed by atoms with Gasteiger partial charge in [0.15, 0.2) is 6.17 Å². The number of para-hydroxylation sites is 1. The first kappa shape index (κ1) is 44.0. The molecule has 0 radical (unpaired) electrons. The lowest BCUT2D eigenvalue weighted by atomic mass is 10.0. The van der Waals surface area contributed by atoms with Gasteiger partial charge < -0.3 is 39.5 Å². The highest BCUT2D eigenvalue weighted by Gasteiger charge is 2.33. The van der Waals surface area contributed by atoms with Gasteiger partial charge in [-0.25, -0.2) is 14.4 Å². The molecule has 4 N–H and O–H groups in total. The second kappa shape index (κ2) is 19.8. The predicted molar refractivity (Wildman–Crippen MR) is 209 cm³/mol. The second-order valence-corrected chi connectivity index (χ2v) is 21.2.